The smallest absolute Gasteiger partial charge is 0.129 e. The molecule has 1 aliphatic heterocycles. The van der Waals surface area contributed by atoms with E-state index in [-0.39, 0.29) is 6.10 Å². The molecular formula is C27H44N2O2. The van der Waals surface area contributed by atoms with Crippen LogP contribution in [0.15, 0.2) is 16.8 Å². The highest BCUT2D eigenvalue weighted by Crippen LogP contribution is 2.66. The summed E-state index contributed by atoms with van der Waals surface area (Å²) >= 11 is 0. The van der Waals surface area contributed by atoms with E-state index in [1.165, 1.54) is 70.2 Å². The van der Waals surface area contributed by atoms with Crippen molar-refractivity contribution in [2.75, 3.05) is 26.2 Å². The summed E-state index contributed by atoms with van der Waals surface area (Å²) in [6.07, 6.45) is 14.7. The molecular weight excluding hydrogens is 384 g/mol. The largest absolute Gasteiger partial charge is 0.394 e. The first-order valence-electron chi connectivity index (χ1n) is 13.2. The number of hydrogen-bond acceptors (Lipinski definition) is 4. The van der Waals surface area contributed by atoms with E-state index in [0.29, 0.717) is 16.7 Å². The molecule has 7 atom stereocenters. The highest BCUT2D eigenvalue weighted by atomic mass is 16.6. The van der Waals surface area contributed by atoms with E-state index in [9.17, 15) is 5.11 Å². The van der Waals surface area contributed by atoms with Gasteiger partial charge in [-0.15, -0.1) is 0 Å². The maximum atomic E-state index is 10.2. The summed E-state index contributed by atoms with van der Waals surface area (Å²) in [5, 5.41) is 14.9. The van der Waals surface area contributed by atoms with Gasteiger partial charge in [-0.2, -0.15) is 0 Å². The van der Waals surface area contributed by atoms with Crippen molar-refractivity contribution in [3.8, 4) is 0 Å². The average Bonchev–Trinajstić information content (AvgIpc) is 3.39. The highest BCUT2D eigenvalue weighted by Gasteiger charge is 2.59. The first-order valence-corrected chi connectivity index (χ1v) is 13.2. The Morgan fingerprint density at radius 2 is 1.94 bits per heavy atom. The molecule has 0 radical (unpaired) electrons. The molecule has 4 aliphatic carbocycles. The van der Waals surface area contributed by atoms with E-state index in [4.69, 9.17) is 4.84 Å². The van der Waals surface area contributed by atoms with Gasteiger partial charge in [-0.05, 0) is 113 Å². The zero-order chi connectivity index (χ0) is 21.6. The van der Waals surface area contributed by atoms with Crippen molar-refractivity contribution >= 4 is 5.71 Å². The van der Waals surface area contributed by atoms with Gasteiger partial charge in [-0.25, -0.2) is 0 Å². The zero-order valence-electron chi connectivity index (χ0n) is 20.1. The first kappa shape index (κ1) is 21.9. The number of aliphatic hydroxyl groups excluding tert-OH is 1. The fraction of sp³-hybridized carbons (Fsp3) is 0.889. The summed E-state index contributed by atoms with van der Waals surface area (Å²) < 4.78 is 0. The summed E-state index contributed by atoms with van der Waals surface area (Å²) in [6, 6.07) is 0. The second-order valence-corrected chi connectivity index (χ2v) is 11.9. The van der Waals surface area contributed by atoms with E-state index >= 15 is 0 Å². The molecule has 0 aromatic rings. The monoisotopic (exact) mass is 428 g/mol. The molecule has 174 valence electrons. The second kappa shape index (κ2) is 8.48. The number of allylic oxidation sites excluding steroid dienone is 1. The molecule has 0 aromatic heterocycles. The summed E-state index contributed by atoms with van der Waals surface area (Å²) in [4.78, 5) is 8.31. The third-order valence-electron chi connectivity index (χ3n) is 10.5. The quantitative estimate of drug-likeness (QED) is 0.275. The van der Waals surface area contributed by atoms with Gasteiger partial charge in [0.1, 0.15) is 6.61 Å². The van der Waals surface area contributed by atoms with Crippen molar-refractivity contribution in [3.63, 3.8) is 0 Å². The van der Waals surface area contributed by atoms with Gasteiger partial charge in [0, 0.05) is 12.5 Å². The fourth-order valence-electron chi connectivity index (χ4n) is 8.72. The predicted octanol–water partition coefficient (Wildman–Crippen LogP) is 5.41. The van der Waals surface area contributed by atoms with Gasteiger partial charge in [0.05, 0.1) is 11.8 Å². The predicted molar refractivity (Wildman–Crippen MR) is 126 cm³/mol. The third kappa shape index (κ3) is 3.80. The average molecular weight is 429 g/mol. The van der Waals surface area contributed by atoms with Crippen LogP contribution in [0.1, 0.15) is 85.0 Å². The van der Waals surface area contributed by atoms with E-state index in [2.05, 4.69) is 36.9 Å². The normalized spacial score (nSPS) is 45.6. The lowest BCUT2D eigenvalue weighted by Gasteiger charge is -2.58. The molecule has 0 aromatic carbocycles. The standard InChI is InChI=1S/C27H44N2O2/c1-19(28-31-17-16-29-14-4-5-15-29)23-8-9-24-22-7-6-20-18-21(30)10-12-26(20,2)25(22)11-13-27(23,24)3/h6,21-25,30H,4-5,7-18H2,1-3H3/b28-19+. The molecule has 5 aliphatic rings. The van der Waals surface area contributed by atoms with Gasteiger partial charge in [0.15, 0.2) is 0 Å². The van der Waals surface area contributed by atoms with Crippen LogP contribution in [-0.2, 0) is 4.84 Å². The Morgan fingerprint density at radius 1 is 1.13 bits per heavy atom. The Kier molecular flexibility index (Phi) is 6.01. The minimum atomic E-state index is -0.107. The molecule has 1 saturated heterocycles. The lowest BCUT2D eigenvalue weighted by Crippen LogP contribution is -2.50. The molecule has 4 fully saturated rings. The third-order valence-corrected chi connectivity index (χ3v) is 10.5. The highest BCUT2D eigenvalue weighted by molar-refractivity contribution is 5.85. The second-order valence-electron chi connectivity index (χ2n) is 11.9. The molecule has 1 heterocycles. The summed E-state index contributed by atoms with van der Waals surface area (Å²) in [5.41, 5.74) is 3.53. The Morgan fingerprint density at radius 3 is 2.74 bits per heavy atom. The Balaban J connectivity index is 1.26. The molecule has 4 heteroatoms. The van der Waals surface area contributed by atoms with Crippen LogP contribution in [0.4, 0.5) is 0 Å². The lowest BCUT2D eigenvalue weighted by molar-refractivity contribution is -0.0427. The molecule has 1 N–H and O–H groups in total. The Bertz CT molecular complexity index is 727. The molecule has 31 heavy (non-hydrogen) atoms. The topological polar surface area (TPSA) is 45.1 Å². The van der Waals surface area contributed by atoms with Crippen LogP contribution < -0.4 is 0 Å². The van der Waals surface area contributed by atoms with Crippen LogP contribution in [0.2, 0.25) is 0 Å². The maximum Gasteiger partial charge on any atom is 0.129 e. The van der Waals surface area contributed by atoms with Crippen LogP contribution in [0.25, 0.3) is 0 Å². The first-order chi connectivity index (χ1) is 14.9. The minimum Gasteiger partial charge on any atom is -0.394 e. The molecule has 5 rings (SSSR count). The Hall–Kier alpha value is -0.870. The van der Waals surface area contributed by atoms with Crippen LogP contribution in [0.5, 0.6) is 0 Å². The molecule has 0 amide bonds. The number of hydrogen-bond donors (Lipinski definition) is 1. The van der Waals surface area contributed by atoms with Crippen LogP contribution in [0.3, 0.4) is 0 Å². The van der Waals surface area contributed by atoms with Crippen molar-refractivity contribution in [3.05, 3.63) is 11.6 Å². The SMILES string of the molecule is C/C(=N\OCCN1CCCC1)C1CCC2C3CC=C4CC(O)CCC4(C)C3CCC12C. The number of oxime groups is 1. The molecule has 7 unspecified atom stereocenters. The van der Waals surface area contributed by atoms with E-state index in [1.807, 2.05) is 0 Å². The summed E-state index contributed by atoms with van der Waals surface area (Å²) in [6.45, 7) is 11.5. The van der Waals surface area contributed by atoms with Crippen molar-refractivity contribution in [1.29, 1.82) is 0 Å². The molecule has 0 spiro atoms. The summed E-state index contributed by atoms with van der Waals surface area (Å²) in [7, 11) is 0. The van der Waals surface area contributed by atoms with Crippen molar-refractivity contribution < 1.29 is 9.94 Å². The molecule has 3 saturated carbocycles. The number of likely N-dealkylation sites (tertiary alicyclic amines) is 1. The number of aliphatic hydroxyl groups is 1. The van der Waals surface area contributed by atoms with Gasteiger partial charge in [0.25, 0.3) is 0 Å². The van der Waals surface area contributed by atoms with Crippen LogP contribution in [0, 0.1) is 34.5 Å². The van der Waals surface area contributed by atoms with Gasteiger partial charge < -0.3 is 9.94 Å². The van der Waals surface area contributed by atoms with Gasteiger partial charge in [-0.1, -0.05) is 30.7 Å². The van der Waals surface area contributed by atoms with Gasteiger partial charge >= 0.3 is 0 Å². The molecule has 0 bridgehead atoms. The molecule has 4 nitrogen and oxygen atoms in total. The fourth-order valence-corrected chi connectivity index (χ4v) is 8.72. The zero-order valence-corrected chi connectivity index (χ0v) is 20.1. The van der Waals surface area contributed by atoms with Crippen molar-refractivity contribution in [2.45, 2.75) is 91.1 Å². The number of fused-ring (bicyclic) bond motifs is 5. The van der Waals surface area contributed by atoms with E-state index in [0.717, 1.165) is 43.7 Å². The summed E-state index contributed by atoms with van der Waals surface area (Å²) in [5.74, 6) is 3.02. The number of rotatable bonds is 5. The maximum absolute atomic E-state index is 10.2. The Labute approximate surface area is 189 Å². The van der Waals surface area contributed by atoms with E-state index < -0.39 is 0 Å². The van der Waals surface area contributed by atoms with Crippen molar-refractivity contribution in [1.82, 2.24) is 4.90 Å². The number of nitrogens with zero attached hydrogens (tertiary/aromatic N) is 2. The lowest BCUT2D eigenvalue weighted by atomic mass is 9.47. The minimum absolute atomic E-state index is 0.107. The van der Waals surface area contributed by atoms with Crippen LogP contribution in [-0.4, -0.2) is 48.1 Å². The van der Waals surface area contributed by atoms with E-state index in [1.54, 1.807) is 5.57 Å². The van der Waals surface area contributed by atoms with Crippen molar-refractivity contribution in [2.24, 2.45) is 39.7 Å². The van der Waals surface area contributed by atoms with Crippen LogP contribution >= 0.6 is 0 Å². The van der Waals surface area contributed by atoms with Gasteiger partial charge in [-0.3, -0.25) is 4.90 Å². The van der Waals surface area contributed by atoms with Gasteiger partial charge in [0.2, 0.25) is 0 Å².